The van der Waals surface area contributed by atoms with Gasteiger partial charge >= 0.3 is 0 Å². The van der Waals surface area contributed by atoms with E-state index >= 15 is 0 Å². The first kappa shape index (κ1) is 9.47. The van der Waals surface area contributed by atoms with Crippen molar-refractivity contribution in [2.45, 2.75) is 0 Å². The van der Waals surface area contributed by atoms with E-state index in [-0.39, 0.29) is 0 Å². The van der Waals surface area contributed by atoms with Crippen molar-refractivity contribution < 1.29 is 4.74 Å². The van der Waals surface area contributed by atoms with Crippen molar-refractivity contribution in [1.29, 1.82) is 0 Å². The van der Waals surface area contributed by atoms with Gasteiger partial charge in [0.15, 0.2) is 0 Å². The van der Waals surface area contributed by atoms with E-state index in [1.807, 2.05) is 12.3 Å². The third-order valence-corrected chi connectivity index (χ3v) is 2.93. The van der Waals surface area contributed by atoms with Crippen LogP contribution in [0.5, 0.6) is 0 Å². The van der Waals surface area contributed by atoms with Gasteiger partial charge in [-0.05, 0) is 6.07 Å². The molecule has 2 aromatic rings. The molecule has 5 nitrogen and oxygen atoms in total. The lowest BCUT2D eigenvalue weighted by Crippen LogP contribution is -2.36. The molecule has 0 spiro atoms. The van der Waals surface area contributed by atoms with Crippen LogP contribution in [-0.2, 0) is 4.74 Å². The quantitative estimate of drug-likeness (QED) is 0.748. The van der Waals surface area contributed by atoms with Gasteiger partial charge in [-0.15, -0.1) is 0 Å². The normalized spacial score (nSPS) is 16.9. The van der Waals surface area contributed by atoms with Gasteiger partial charge in [0.1, 0.15) is 5.65 Å². The molecule has 0 amide bonds. The second-order valence-electron chi connectivity index (χ2n) is 3.90. The monoisotopic (exact) mass is 218 g/mol. The molecule has 0 radical (unpaired) electrons. The first-order valence-corrected chi connectivity index (χ1v) is 5.40. The number of nitrogens with two attached hydrogens (primary N) is 1. The van der Waals surface area contributed by atoms with Gasteiger partial charge in [-0.1, -0.05) is 0 Å². The maximum atomic E-state index is 5.95. The Hall–Kier alpha value is -1.75. The van der Waals surface area contributed by atoms with Gasteiger partial charge in [-0.25, -0.2) is 4.98 Å². The zero-order valence-corrected chi connectivity index (χ0v) is 8.94. The summed E-state index contributed by atoms with van der Waals surface area (Å²) in [7, 11) is 0. The number of nitrogen functional groups attached to an aromatic ring is 1. The molecule has 0 atom stereocenters. The van der Waals surface area contributed by atoms with Gasteiger partial charge in [0, 0.05) is 25.5 Å². The van der Waals surface area contributed by atoms with E-state index in [2.05, 4.69) is 14.9 Å². The average Bonchev–Trinajstić information content (AvgIpc) is 2.73. The first-order chi connectivity index (χ1) is 7.86. The van der Waals surface area contributed by atoms with E-state index in [1.165, 1.54) is 0 Å². The number of fused-ring (bicyclic) bond motifs is 1. The molecule has 3 N–H and O–H groups in total. The maximum absolute atomic E-state index is 5.95. The Morgan fingerprint density at radius 2 is 2.19 bits per heavy atom. The molecule has 3 rings (SSSR count). The Kier molecular flexibility index (Phi) is 2.18. The lowest BCUT2D eigenvalue weighted by molar-refractivity contribution is 0.123. The molecule has 1 aliphatic rings. The topological polar surface area (TPSA) is 67.2 Å². The van der Waals surface area contributed by atoms with E-state index < -0.39 is 0 Å². The summed E-state index contributed by atoms with van der Waals surface area (Å²) in [5.41, 5.74) is 8.70. The van der Waals surface area contributed by atoms with Crippen molar-refractivity contribution >= 4 is 22.4 Å². The van der Waals surface area contributed by atoms with Crippen LogP contribution in [0.4, 0.5) is 11.4 Å². The van der Waals surface area contributed by atoms with E-state index in [1.54, 1.807) is 6.20 Å². The lowest BCUT2D eigenvalue weighted by atomic mass is 10.2. The van der Waals surface area contributed by atoms with Gasteiger partial charge in [0.2, 0.25) is 0 Å². The van der Waals surface area contributed by atoms with E-state index in [0.717, 1.165) is 48.7 Å². The Morgan fingerprint density at radius 3 is 3.00 bits per heavy atom. The predicted octanol–water partition coefficient (Wildman–Crippen LogP) is 0.982. The minimum absolute atomic E-state index is 0.754. The SMILES string of the molecule is Nc1c[nH]c2nccc(N3CCOCC3)c12. The van der Waals surface area contributed by atoms with E-state index in [9.17, 15) is 0 Å². The number of nitrogens with one attached hydrogen (secondary N) is 1. The van der Waals surface area contributed by atoms with Crippen molar-refractivity contribution in [3.8, 4) is 0 Å². The van der Waals surface area contributed by atoms with Crippen LogP contribution in [-0.4, -0.2) is 36.3 Å². The van der Waals surface area contributed by atoms with Gasteiger partial charge in [-0.2, -0.15) is 0 Å². The minimum Gasteiger partial charge on any atom is -0.397 e. The zero-order chi connectivity index (χ0) is 11.0. The molecule has 0 aliphatic carbocycles. The maximum Gasteiger partial charge on any atom is 0.141 e. The number of rotatable bonds is 1. The molecule has 84 valence electrons. The average molecular weight is 218 g/mol. The highest BCUT2D eigenvalue weighted by Crippen LogP contribution is 2.30. The van der Waals surface area contributed by atoms with Gasteiger partial charge < -0.3 is 20.4 Å². The van der Waals surface area contributed by atoms with Crippen LogP contribution in [0.15, 0.2) is 18.5 Å². The predicted molar refractivity (Wildman–Crippen MR) is 63.5 cm³/mol. The van der Waals surface area contributed by atoms with Crippen LogP contribution in [0.1, 0.15) is 0 Å². The van der Waals surface area contributed by atoms with Crippen molar-refractivity contribution in [2.75, 3.05) is 36.9 Å². The molecule has 5 heteroatoms. The van der Waals surface area contributed by atoms with Gasteiger partial charge in [0.05, 0.1) is 30.0 Å². The number of ether oxygens (including phenoxy) is 1. The number of H-pyrrole nitrogens is 1. The third kappa shape index (κ3) is 1.40. The molecule has 0 saturated carbocycles. The molecule has 0 bridgehead atoms. The van der Waals surface area contributed by atoms with Crippen LogP contribution in [0.2, 0.25) is 0 Å². The first-order valence-electron chi connectivity index (χ1n) is 5.40. The molecule has 1 aliphatic heterocycles. The highest BCUT2D eigenvalue weighted by atomic mass is 16.5. The molecule has 2 aromatic heterocycles. The Labute approximate surface area is 93.2 Å². The van der Waals surface area contributed by atoms with Crippen LogP contribution in [0.25, 0.3) is 11.0 Å². The zero-order valence-electron chi connectivity index (χ0n) is 8.94. The lowest BCUT2D eigenvalue weighted by Gasteiger charge is -2.29. The van der Waals surface area contributed by atoms with Crippen LogP contribution < -0.4 is 10.6 Å². The molecular weight excluding hydrogens is 204 g/mol. The number of aromatic nitrogens is 2. The Balaban J connectivity index is 2.10. The molecule has 0 unspecified atom stereocenters. The number of nitrogens with zero attached hydrogens (tertiary/aromatic N) is 2. The summed E-state index contributed by atoms with van der Waals surface area (Å²) >= 11 is 0. The summed E-state index contributed by atoms with van der Waals surface area (Å²) in [6, 6.07) is 2.01. The van der Waals surface area contributed by atoms with Gasteiger partial charge in [0.25, 0.3) is 0 Å². The highest BCUT2D eigenvalue weighted by molar-refractivity contribution is 5.99. The minimum atomic E-state index is 0.754. The largest absolute Gasteiger partial charge is 0.397 e. The summed E-state index contributed by atoms with van der Waals surface area (Å²) in [5, 5.41) is 1.02. The summed E-state index contributed by atoms with van der Waals surface area (Å²) in [5.74, 6) is 0. The van der Waals surface area contributed by atoms with Crippen molar-refractivity contribution in [3.05, 3.63) is 18.5 Å². The standard InChI is InChI=1S/C11H14N4O/c12-8-7-14-11-10(8)9(1-2-13-11)15-3-5-16-6-4-15/h1-2,7H,3-6,12H2,(H,13,14). The fraction of sp³-hybridized carbons (Fsp3) is 0.364. The summed E-state index contributed by atoms with van der Waals surface area (Å²) in [6.45, 7) is 3.36. The number of pyridine rings is 1. The summed E-state index contributed by atoms with van der Waals surface area (Å²) < 4.78 is 5.35. The summed E-state index contributed by atoms with van der Waals surface area (Å²) in [4.78, 5) is 9.63. The van der Waals surface area contributed by atoms with Crippen LogP contribution >= 0.6 is 0 Å². The molecule has 1 saturated heterocycles. The molecule has 0 aromatic carbocycles. The number of morpholine rings is 1. The molecule has 1 fully saturated rings. The number of hydrogen-bond acceptors (Lipinski definition) is 4. The van der Waals surface area contributed by atoms with Crippen molar-refractivity contribution in [2.24, 2.45) is 0 Å². The Morgan fingerprint density at radius 1 is 1.38 bits per heavy atom. The molecular formula is C11H14N4O. The summed E-state index contributed by atoms with van der Waals surface area (Å²) in [6.07, 6.45) is 3.60. The third-order valence-electron chi connectivity index (χ3n) is 2.93. The second kappa shape index (κ2) is 3.68. The highest BCUT2D eigenvalue weighted by Gasteiger charge is 2.16. The van der Waals surface area contributed by atoms with Crippen LogP contribution in [0.3, 0.4) is 0 Å². The van der Waals surface area contributed by atoms with Gasteiger partial charge in [-0.3, -0.25) is 0 Å². The smallest absolute Gasteiger partial charge is 0.141 e. The number of hydrogen-bond donors (Lipinski definition) is 2. The van der Waals surface area contributed by atoms with Crippen LogP contribution in [0, 0.1) is 0 Å². The molecule has 3 heterocycles. The van der Waals surface area contributed by atoms with Crippen molar-refractivity contribution in [3.63, 3.8) is 0 Å². The van der Waals surface area contributed by atoms with Crippen molar-refractivity contribution in [1.82, 2.24) is 9.97 Å². The Bertz CT molecular complexity index is 502. The number of anilines is 2. The van der Waals surface area contributed by atoms with E-state index in [0.29, 0.717) is 0 Å². The number of aromatic amines is 1. The fourth-order valence-corrected chi connectivity index (χ4v) is 2.13. The fourth-order valence-electron chi connectivity index (χ4n) is 2.13. The second-order valence-corrected chi connectivity index (χ2v) is 3.90. The molecule has 16 heavy (non-hydrogen) atoms. The van der Waals surface area contributed by atoms with E-state index in [4.69, 9.17) is 10.5 Å².